The van der Waals surface area contributed by atoms with E-state index in [0.29, 0.717) is 22.9 Å². The lowest BCUT2D eigenvalue weighted by atomic mass is 9.67. The Bertz CT molecular complexity index is 1410. The van der Waals surface area contributed by atoms with Crippen molar-refractivity contribution in [2.75, 3.05) is 43.4 Å². The van der Waals surface area contributed by atoms with Gasteiger partial charge in [0.15, 0.2) is 11.6 Å². The van der Waals surface area contributed by atoms with Crippen LogP contribution in [-0.2, 0) is 10.0 Å². The summed E-state index contributed by atoms with van der Waals surface area (Å²) in [6.07, 6.45) is 8.10. The van der Waals surface area contributed by atoms with Crippen LogP contribution in [0.25, 0.3) is 0 Å². The maximum atomic E-state index is 14.3. The van der Waals surface area contributed by atoms with Crippen molar-refractivity contribution in [2.45, 2.75) is 84.8 Å². The average molecular weight is 631 g/mol. The molecule has 12 heteroatoms. The van der Waals surface area contributed by atoms with Gasteiger partial charge >= 0.3 is 0 Å². The Morgan fingerprint density at radius 2 is 1.84 bits per heavy atom. The monoisotopic (exact) mass is 630 g/mol. The summed E-state index contributed by atoms with van der Waals surface area (Å²) in [6.45, 7) is 14.3. The summed E-state index contributed by atoms with van der Waals surface area (Å²) < 4.78 is 47.4. The molecular formula is C32H47FN6O4S. The van der Waals surface area contributed by atoms with Gasteiger partial charge in [0.2, 0.25) is 10.0 Å². The Hall–Kier alpha value is -2.83. The van der Waals surface area contributed by atoms with Gasteiger partial charge in [-0.2, -0.15) is 0 Å². The molecule has 0 unspecified atom stereocenters. The smallest absolute Gasteiger partial charge is 0.258 e. The van der Waals surface area contributed by atoms with Gasteiger partial charge in [-0.25, -0.2) is 27.5 Å². The van der Waals surface area contributed by atoms with Crippen molar-refractivity contribution in [2.24, 2.45) is 11.3 Å². The van der Waals surface area contributed by atoms with Gasteiger partial charge in [-0.05, 0) is 96.3 Å². The Balaban J connectivity index is 1.19. The molecule has 3 heterocycles. The molecule has 1 amide bonds. The molecule has 10 nitrogen and oxygen atoms in total. The van der Waals surface area contributed by atoms with E-state index in [1.165, 1.54) is 24.5 Å². The van der Waals surface area contributed by atoms with Crippen molar-refractivity contribution >= 4 is 21.7 Å². The van der Waals surface area contributed by atoms with Crippen molar-refractivity contribution in [3.05, 3.63) is 42.1 Å². The molecule has 1 N–H and O–H groups in total. The normalized spacial score (nSPS) is 20.8. The fourth-order valence-corrected chi connectivity index (χ4v) is 8.18. The molecular weight excluding hydrogens is 583 g/mol. The fourth-order valence-electron chi connectivity index (χ4n) is 7.27. The number of benzene rings is 1. The molecule has 0 bridgehead atoms. The van der Waals surface area contributed by atoms with Crippen molar-refractivity contribution < 1.29 is 22.3 Å². The number of ether oxygens (including phenoxy) is 1. The number of likely N-dealkylation sites (tertiary alicyclic amines) is 1. The molecule has 5 rings (SSSR count). The van der Waals surface area contributed by atoms with Crippen LogP contribution in [0.15, 0.2) is 30.7 Å². The van der Waals surface area contributed by atoms with E-state index in [-0.39, 0.29) is 41.1 Å². The number of amides is 1. The number of anilines is 1. The van der Waals surface area contributed by atoms with Gasteiger partial charge in [0.25, 0.3) is 5.91 Å². The number of aromatic nitrogens is 2. The van der Waals surface area contributed by atoms with E-state index in [1.54, 1.807) is 18.0 Å². The molecule has 1 saturated carbocycles. The first-order chi connectivity index (χ1) is 20.9. The van der Waals surface area contributed by atoms with Gasteiger partial charge in [0, 0.05) is 50.8 Å². The molecule has 1 atom stereocenters. The summed E-state index contributed by atoms with van der Waals surface area (Å²) in [5, 5.41) is 0. The zero-order valence-corrected chi connectivity index (χ0v) is 27.4. The van der Waals surface area contributed by atoms with Gasteiger partial charge in [0.05, 0.1) is 17.5 Å². The number of rotatable bonds is 11. The molecule has 2 saturated heterocycles. The van der Waals surface area contributed by atoms with E-state index >= 15 is 0 Å². The molecule has 1 spiro atoms. The lowest BCUT2D eigenvalue weighted by molar-refractivity contribution is -0.0386. The number of sulfonamides is 1. The number of nitrogens with one attached hydrogen (secondary N) is 1. The number of nitrogens with zero attached hydrogens (tertiary/aromatic N) is 5. The average Bonchev–Trinajstić information content (AvgIpc) is 3.42. The first kappa shape index (κ1) is 32.6. The van der Waals surface area contributed by atoms with Gasteiger partial charge in [-0.3, -0.25) is 4.79 Å². The summed E-state index contributed by atoms with van der Waals surface area (Å²) in [7, 11) is -3.15. The second-order valence-electron chi connectivity index (χ2n) is 13.4. The lowest BCUT2D eigenvalue weighted by Gasteiger charge is -2.54. The molecule has 3 aliphatic rings. The zero-order chi connectivity index (χ0) is 31.6. The van der Waals surface area contributed by atoms with Crippen LogP contribution in [0.2, 0.25) is 0 Å². The minimum atomic E-state index is -3.15. The summed E-state index contributed by atoms with van der Waals surface area (Å²) >= 11 is 0. The summed E-state index contributed by atoms with van der Waals surface area (Å²) in [6, 6.07) is 3.98. The Morgan fingerprint density at radius 3 is 2.50 bits per heavy atom. The zero-order valence-electron chi connectivity index (χ0n) is 26.6. The van der Waals surface area contributed by atoms with Crippen LogP contribution in [0.3, 0.4) is 0 Å². The van der Waals surface area contributed by atoms with Gasteiger partial charge < -0.3 is 19.4 Å². The van der Waals surface area contributed by atoms with Crippen molar-refractivity contribution in [1.82, 2.24) is 24.5 Å². The summed E-state index contributed by atoms with van der Waals surface area (Å²) in [5.74, 6) is 1.21. The number of carbonyl (C=O) groups is 1. The maximum Gasteiger partial charge on any atom is 0.258 e. The first-order valence-electron chi connectivity index (χ1n) is 16.0. The van der Waals surface area contributed by atoms with Crippen LogP contribution in [0.4, 0.5) is 10.2 Å². The lowest BCUT2D eigenvalue weighted by Crippen LogP contribution is -2.59. The van der Waals surface area contributed by atoms with E-state index in [0.717, 1.165) is 64.8 Å². The van der Waals surface area contributed by atoms with Crippen molar-refractivity contribution in [3.8, 4) is 11.5 Å². The van der Waals surface area contributed by atoms with Gasteiger partial charge in [0.1, 0.15) is 17.9 Å². The highest BCUT2D eigenvalue weighted by atomic mass is 32.2. The Labute approximate surface area is 261 Å². The van der Waals surface area contributed by atoms with E-state index in [1.807, 2.05) is 27.7 Å². The van der Waals surface area contributed by atoms with Gasteiger partial charge in [-0.1, -0.05) is 0 Å². The third-order valence-corrected chi connectivity index (χ3v) is 10.8. The molecule has 44 heavy (non-hydrogen) atoms. The highest BCUT2D eigenvalue weighted by Crippen LogP contribution is 2.45. The number of hydrogen-bond acceptors (Lipinski definition) is 8. The van der Waals surface area contributed by atoms with Crippen LogP contribution >= 0.6 is 0 Å². The number of carbonyl (C=O) groups excluding carboxylic acids is 1. The Kier molecular flexibility index (Phi) is 9.81. The summed E-state index contributed by atoms with van der Waals surface area (Å²) in [4.78, 5) is 28.7. The van der Waals surface area contributed by atoms with Crippen molar-refractivity contribution in [1.29, 1.82) is 0 Å². The molecule has 1 aromatic heterocycles. The second-order valence-corrected chi connectivity index (χ2v) is 15.5. The van der Waals surface area contributed by atoms with Crippen molar-refractivity contribution in [3.63, 3.8) is 0 Å². The van der Waals surface area contributed by atoms with Gasteiger partial charge in [-0.15, -0.1) is 0 Å². The van der Waals surface area contributed by atoms with Crippen LogP contribution in [0.5, 0.6) is 11.5 Å². The van der Waals surface area contributed by atoms with E-state index < -0.39 is 15.8 Å². The molecule has 1 aromatic carbocycles. The maximum absolute atomic E-state index is 14.3. The summed E-state index contributed by atoms with van der Waals surface area (Å²) in [5.41, 5.74) is 0.496. The highest BCUT2D eigenvalue weighted by Gasteiger charge is 2.46. The largest absolute Gasteiger partial charge is 0.451 e. The van der Waals surface area contributed by atoms with Crippen LogP contribution in [0, 0.1) is 17.2 Å². The SMILES string of the molecule is CCS(=O)(=O)NC1CCC2(CC1)CN(C[C@H]1CCN(c3ncncc3Oc3ccc(F)cc3C(=O)N(C(C)C)C(C)C)C1)C2. The van der Waals surface area contributed by atoms with Crippen LogP contribution in [-0.4, -0.2) is 90.7 Å². The molecule has 2 aromatic rings. The predicted molar refractivity (Wildman–Crippen MR) is 169 cm³/mol. The minimum Gasteiger partial charge on any atom is -0.451 e. The quantitative estimate of drug-likeness (QED) is 0.382. The third kappa shape index (κ3) is 7.34. The topological polar surface area (TPSA) is 108 Å². The number of hydrogen-bond donors (Lipinski definition) is 1. The van der Waals surface area contributed by atoms with Crippen LogP contribution < -0.4 is 14.4 Å². The molecule has 0 radical (unpaired) electrons. The van der Waals surface area contributed by atoms with E-state index in [4.69, 9.17) is 4.74 Å². The standard InChI is InChI=1S/C32H47FN6O4S/c1-6-44(41,42)36-26-9-12-32(13-10-26)19-37(20-32)17-24-11-14-38(18-24)30-29(16-34-21-35-30)43-28-8-7-25(33)15-27(28)31(40)39(22(2)3)23(4)5/h7-8,15-16,21-24,26,36H,6,9-14,17-20H2,1-5H3/t24-/m1/s1. The second kappa shape index (κ2) is 13.3. The molecule has 242 valence electrons. The van der Waals surface area contributed by atoms with E-state index in [9.17, 15) is 17.6 Å². The molecule has 2 aliphatic heterocycles. The Morgan fingerprint density at radius 1 is 1.14 bits per heavy atom. The molecule has 3 fully saturated rings. The van der Waals surface area contributed by atoms with E-state index in [2.05, 4.69) is 24.5 Å². The first-order valence-corrected chi connectivity index (χ1v) is 17.6. The number of halogens is 1. The highest BCUT2D eigenvalue weighted by molar-refractivity contribution is 7.89. The minimum absolute atomic E-state index is 0.0614. The predicted octanol–water partition coefficient (Wildman–Crippen LogP) is 4.68. The van der Waals surface area contributed by atoms with Crippen LogP contribution in [0.1, 0.15) is 77.1 Å². The molecule has 1 aliphatic carbocycles. The third-order valence-electron chi connectivity index (χ3n) is 9.39. The fraction of sp³-hybridized carbons (Fsp3) is 0.656.